The van der Waals surface area contributed by atoms with E-state index in [4.69, 9.17) is 0 Å². The van der Waals surface area contributed by atoms with Gasteiger partial charge in [0.15, 0.2) is 0 Å². The third-order valence-electron chi connectivity index (χ3n) is 4.85. The van der Waals surface area contributed by atoms with E-state index in [0.717, 1.165) is 6.54 Å². The lowest BCUT2D eigenvalue weighted by molar-refractivity contribution is 0.0199. The molecule has 1 aliphatic carbocycles. The predicted octanol–water partition coefficient (Wildman–Crippen LogP) is 2.80. The second kappa shape index (κ2) is 4.66. The topological polar surface area (TPSA) is 23.5 Å². The maximum Gasteiger partial charge on any atom is 0.0499 e. The summed E-state index contributed by atoms with van der Waals surface area (Å²) in [7, 11) is 0. The third-order valence-corrected chi connectivity index (χ3v) is 4.85. The van der Waals surface area contributed by atoms with Crippen LogP contribution in [0.3, 0.4) is 0 Å². The van der Waals surface area contributed by atoms with Gasteiger partial charge in [-0.15, -0.1) is 0 Å². The molecule has 2 aliphatic rings. The smallest absolute Gasteiger partial charge is 0.0499 e. The minimum absolute atomic E-state index is 0.222. The van der Waals surface area contributed by atoms with Crippen molar-refractivity contribution in [2.24, 2.45) is 5.41 Å². The van der Waals surface area contributed by atoms with E-state index in [1.165, 1.54) is 51.5 Å². The number of aliphatic hydroxyl groups is 1. The molecule has 2 rings (SSSR count). The first-order valence-electron chi connectivity index (χ1n) is 6.94. The van der Waals surface area contributed by atoms with E-state index >= 15 is 0 Å². The van der Waals surface area contributed by atoms with Gasteiger partial charge in [-0.25, -0.2) is 0 Å². The molecule has 2 heteroatoms. The SMILES string of the molecule is CC1(C)CCCN1CC1(CO)CCCCC1. The van der Waals surface area contributed by atoms with Crippen LogP contribution < -0.4 is 0 Å². The number of hydrogen-bond donors (Lipinski definition) is 1. The summed E-state index contributed by atoms with van der Waals surface area (Å²) < 4.78 is 0. The van der Waals surface area contributed by atoms with Gasteiger partial charge < -0.3 is 5.11 Å². The monoisotopic (exact) mass is 225 g/mol. The molecule has 0 aromatic carbocycles. The van der Waals surface area contributed by atoms with Crippen LogP contribution in [-0.4, -0.2) is 35.2 Å². The largest absolute Gasteiger partial charge is 0.396 e. The Bertz CT molecular complexity index is 231. The van der Waals surface area contributed by atoms with Gasteiger partial charge in [-0.1, -0.05) is 19.3 Å². The molecule has 0 spiro atoms. The molecule has 94 valence electrons. The van der Waals surface area contributed by atoms with Gasteiger partial charge in [0.25, 0.3) is 0 Å². The first kappa shape index (κ1) is 12.4. The molecule has 0 radical (unpaired) electrons. The van der Waals surface area contributed by atoms with E-state index in [1.807, 2.05) is 0 Å². The summed E-state index contributed by atoms with van der Waals surface area (Å²) in [4.78, 5) is 2.62. The Kier molecular flexibility index (Phi) is 3.60. The highest BCUT2D eigenvalue weighted by Gasteiger charge is 2.39. The number of rotatable bonds is 3. The highest BCUT2D eigenvalue weighted by Crippen LogP contribution is 2.40. The van der Waals surface area contributed by atoms with E-state index in [-0.39, 0.29) is 5.41 Å². The molecule has 0 amide bonds. The summed E-state index contributed by atoms with van der Waals surface area (Å²) in [6.07, 6.45) is 9.10. The van der Waals surface area contributed by atoms with Crippen LogP contribution in [-0.2, 0) is 0 Å². The Morgan fingerprint density at radius 3 is 2.19 bits per heavy atom. The summed E-state index contributed by atoms with van der Waals surface area (Å²) in [6, 6.07) is 0. The van der Waals surface area contributed by atoms with Crippen molar-refractivity contribution in [1.82, 2.24) is 4.90 Å². The highest BCUT2D eigenvalue weighted by molar-refractivity contribution is 4.93. The summed E-state index contributed by atoms with van der Waals surface area (Å²) in [5.41, 5.74) is 0.583. The quantitative estimate of drug-likeness (QED) is 0.798. The van der Waals surface area contributed by atoms with Crippen LogP contribution in [0.15, 0.2) is 0 Å². The molecule has 2 nitrogen and oxygen atoms in total. The molecule has 0 aromatic rings. The zero-order valence-electron chi connectivity index (χ0n) is 11.0. The van der Waals surface area contributed by atoms with Gasteiger partial charge in [-0.3, -0.25) is 4.90 Å². The van der Waals surface area contributed by atoms with Gasteiger partial charge in [0.2, 0.25) is 0 Å². The Morgan fingerprint density at radius 1 is 1.00 bits per heavy atom. The predicted molar refractivity (Wildman–Crippen MR) is 67.5 cm³/mol. The van der Waals surface area contributed by atoms with Crippen LogP contribution in [0, 0.1) is 5.41 Å². The van der Waals surface area contributed by atoms with E-state index < -0.39 is 0 Å². The zero-order valence-corrected chi connectivity index (χ0v) is 11.0. The zero-order chi connectivity index (χ0) is 11.6. The van der Waals surface area contributed by atoms with Gasteiger partial charge in [-0.2, -0.15) is 0 Å². The van der Waals surface area contributed by atoms with Crippen LogP contribution in [0.1, 0.15) is 58.8 Å². The second-order valence-electron chi connectivity index (χ2n) is 6.56. The minimum atomic E-state index is 0.222. The van der Waals surface area contributed by atoms with Crippen molar-refractivity contribution in [3.63, 3.8) is 0 Å². The van der Waals surface area contributed by atoms with Crippen molar-refractivity contribution in [2.45, 2.75) is 64.3 Å². The van der Waals surface area contributed by atoms with Crippen molar-refractivity contribution in [1.29, 1.82) is 0 Å². The van der Waals surface area contributed by atoms with Crippen LogP contribution in [0.25, 0.3) is 0 Å². The Hall–Kier alpha value is -0.0800. The van der Waals surface area contributed by atoms with Crippen molar-refractivity contribution < 1.29 is 5.11 Å². The van der Waals surface area contributed by atoms with Crippen LogP contribution in [0.5, 0.6) is 0 Å². The standard InChI is InChI=1S/C14H27NO/c1-13(2)7-6-10-15(13)11-14(12-16)8-4-3-5-9-14/h16H,3-12H2,1-2H3. The molecule has 0 aromatic heterocycles. The van der Waals surface area contributed by atoms with Crippen molar-refractivity contribution >= 4 is 0 Å². The van der Waals surface area contributed by atoms with E-state index in [2.05, 4.69) is 18.7 Å². The fraction of sp³-hybridized carbons (Fsp3) is 1.00. The Balaban J connectivity index is 2.00. The molecule has 0 atom stereocenters. The highest BCUT2D eigenvalue weighted by atomic mass is 16.3. The lowest BCUT2D eigenvalue weighted by Crippen LogP contribution is -2.47. The summed E-state index contributed by atoms with van der Waals surface area (Å²) >= 11 is 0. The average molecular weight is 225 g/mol. The molecule has 1 aliphatic heterocycles. The molecule has 1 heterocycles. The van der Waals surface area contributed by atoms with Crippen LogP contribution in [0.4, 0.5) is 0 Å². The maximum atomic E-state index is 9.75. The molecule has 1 N–H and O–H groups in total. The summed E-state index contributed by atoms with van der Waals surface area (Å²) in [6.45, 7) is 7.45. The van der Waals surface area contributed by atoms with Gasteiger partial charge in [-0.05, 0) is 46.1 Å². The maximum absolute atomic E-state index is 9.75. The van der Waals surface area contributed by atoms with Gasteiger partial charge in [0, 0.05) is 24.1 Å². The van der Waals surface area contributed by atoms with Crippen LogP contribution >= 0.6 is 0 Å². The molecular formula is C14H27NO. The Morgan fingerprint density at radius 2 is 1.69 bits per heavy atom. The van der Waals surface area contributed by atoms with Crippen LogP contribution in [0.2, 0.25) is 0 Å². The van der Waals surface area contributed by atoms with Crippen molar-refractivity contribution in [2.75, 3.05) is 19.7 Å². The van der Waals surface area contributed by atoms with E-state index in [9.17, 15) is 5.11 Å². The molecular weight excluding hydrogens is 198 g/mol. The summed E-state index contributed by atoms with van der Waals surface area (Å²) in [5.74, 6) is 0. The molecule has 0 bridgehead atoms. The minimum Gasteiger partial charge on any atom is -0.396 e. The average Bonchev–Trinajstić information content (AvgIpc) is 2.60. The number of nitrogens with zero attached hydrogens (tertiary/aromatic N) is 1. The molecule has 1 saturated carbocycles. The van der Waals surface area contributed by atoms with E-state index in [0.29, 0.717) is 12.1 Å². The summed E-state index contributed by atoms with van der Waals surface area (Å²) in [5, 5.41) is 9.75. The van der Waals surface area contributed by atoms with Gasteiger partial charge in [0.1, 0.15) is 0 Å². The van der Waals surface area contributed by atoms with Crippen molar-refractivity contribution in [3.8, 4) is 0 Å². The Labute approximate surface area is 100 Å². The third kappa shape index (κ3) is 2.43. The molecule has 0 unspecified atom stereocenters. The van der Waals surface area contributed by atoms with Crippen molar-refractivity contribution in [3.05, 3.63) is 0 Å². The fourth-order valence-electron chi connectivity index (χ4n) is 3.53. The lowest BCUT2D eigenvalue weighted by atomic mass is 9.74. The molecule has 16 heavy (non-hydrogen) atoms. The molecule has 2 fully saturated rings. The lowest BCUT2D eigenvalue weighted by Gasteiger charge is -2.43. The fourth-order valence-corrected chi connectivity index (χ4v) is 3.53. The first-order valence-corrected chi connectivity index (χ1v) is 6.94. The number of aliphatic hydroxyl groups excluding tert-OH is 1. The van der Waals surface area contributed by atoms with Gasteiger partial charge >= 0.3 is 0 Å². The number of likely N-dealkylation sites (tertiary alicyclic amines) is 1. The van der Waals surface area contributed by atoms with E-state index in [1.54, 1.807) is 0 Å². The normalized spacial score (nSPS) is 29.4. The first-order chi connectivity index (χ1) is 7.58. The molecule has 1 saturated heterocycles. The number of hydrogen-bond acceptors (Lipinski definition) is 2. The van der Waals surface area contributed by atoms with Gasteiger partial charge in [0.05, 0.1) is 0 Å². The second-order valence-corrected chi connectivity index (χ2v) is 6.56.